The van der Waals surface area contributed by atoms with E-state index in [9.17, 15) is 21.6 Å². The molecule has 1 aliphatic heterocycles. The third kappa shape index (κ3) is 4.36. The monoisotopic (exact) mass is 489 g/mol. The molecule has 0 saturated heterocycles. The number of para-hydroxylation sites is 1. The minimum Gasteiger partial charge on any atom is -0.224 e. The van der Waals surface area contributed by atoms with E-state index in [0.29, 0.717) is 16.9 Å². The highest BCUT2D eigenvalue weighted by Crippen LogP contribution is 2.48. The Morgan fingerprint density at radius 1 is 0.848 bits per heavy atom. The van der Waals surface area contributed by atoms with E-state index in [2.05, 4.69) is 5.10 Å². The molecule has 0 saturated carbocycles. The molecule has 1 unspecified atom stereocenters. The first-order chi connectivity index (χ1) is 15.6. The van der Waals surface area contributed by atoms with Crippen molar-refractivity contribution in [3.8, 4) is 0 Å². The number of quaternary nitrogens is 1. The zero-order chi connectivity index (χ0) is 23.9. The SMILES string of the molecule is CSc1ccc([N+]2(c3ccccc3)N=C(C(F)(F)F)C=C2c2ccc(S(C)(=O)=O)cc2)cc1. The average molecular weight is 490 g/mol. The van der Waals surface area contributed by atoms with E-state index in [1.54, 1.807) is 42.5 Å². The Bertz CT molecular complexity index is 1330. The van der Waals surface area contributed by atoms with Gasteiger partial charge in [0.25, 0.3) is 0 Å². The summed E-state index contributed by atoms with van der Waals surface area (Å²) in [6, 6.07) is 21.8. The van der Waals surface area contributed by atoms with Crippen LogP contribution >= 0.6 is 11.8 Å². The highest BCUT2D eigenvalue weighted by molar-refractivity contribution is 7.98. The molecule has 33 heavy (non-hydrogen) atoms. The molecule has 0 radical (unpaired) electrons. The van der Waals surface area contributed by atoms with Gasteiger partial charge in [-0.05, 0) is 42.7 Å². The van der Waals surface area contributed by atoms with Crippen LogP contribution < -0.4 is 4.59 Å². The predicted octanol–water partition coefficient (Wildman–Crippen LogP) is 6.42. The van der Waals surface area contributed by atoms with Crippen molar-refractivity contribution < 1.29 is 21.6 Å². The number of hydrogen-bond acceptors (Lipinski definition) is 4. The van der Waals surface area contributed by atoms with E-state index in [1.165, 1.54) is 36.0 Å². The Morgan fingerprint density at radius 2 is 1.42 bits per heavy atom. The zero-order valence-corrected chi connectivity index (χ0v) is 19.4. The fourth-order valence-corrected chi connectivity index (χ4v) is 4.77. The largest absolute Gasteiger partial charge is 0.438 e. The Hall–Kier alpha value is -2.88. The Labute approximate surface area is 194 Å². The van der Waals surface area contributed by atoms with Crippen molar-refractivity contribution in [3.63, 3.8) is 0 Å². The highest BCUT2D eigenvalue weighted by atomic mass is 32.2. The van der Waals surface area contributed by atoms with Gasteiger partial charge in [0.05, 0.1) is 4.90 Å². The number of benzene rings is 3. The summed E-state index contributed by atoms with van der Waals surface area (Å²) in [5, 5.41) is 4.23. The topological polar surface area (TPSA) is 46.5 Å². The van der Waals surface area contributed by atoms with Crippen molar-refractivity contribution in [2.75, 3.05) is 12.5 Å². The van der Waals surface area contributed by atoms with Crippen molar-refractivity contribution in [2.24, 2.45) is 5.10 Å². The number of alkyl halides is 3. The maximum absolute atomic E-state index is 13.9. The van der Waals surface area contributed by atoms with Gasteiger partial charge in [0, 0.05) is 47.1 Å². The third-order valence-electron chi connectivity index (χ3n) is 5.32. The summed E-state index contributed by atoms with van der Waals surface area (Å²) < 4.78 is 64.9. The second kappa shape index (κ2) is 8.48. The van der Waals surface area contributed by atoms with Gasteiger partial charge < -0.3 is 0 Å². The van der Waals surface area contributed by atoms with E-state index in [1.807, 2.05) is 18.4 Å². The molecule has 0 aliphatic carbocycles. The van der Waals surface area contributed by atoms with Gasteiger partial charge in [0.1, 0.15) is 0 Å². The summed E-state index contributed by atoms with van der Waals surface area (Å²) in [5.41, 5.74) is 0.736. The quantitative estimate of drug-likeness (QED) is 0.307. The molecule has 0 fully saturated rings. The van der Waals surface area contributed by atoms with Crippen LogP contribution in [0.15, 0.2) is 99.8 Å². The number of allylic oxidation sites excluding steroid dienone is 1. The van der Waals surface area contributed by atoms with Crippen molar-refractivity contribution in [2.45, 2.75) is 16.0 Å². The van der Waals surface area contributed by atoms with E-state index in [0.717, 1.165) is 17.2 Å². The van der Waals surface area contributed by atoms with Crippen LogP contribution in [0.25, 0.3) is 5.70 Å². The molecule has 4 nitrogen and oxygen atoms in total. The summed E-state index contributed by atoms with van der Waals surface area (Å²) >= 11 is 1.53. The zero-order valence-electron chi connectivity index (χ0n) is 17.7. The summed E-state index contributed by atoms with van der Waals surface area (Å²) in [5.74, 6) is 0. The predicted molar refractivity (Wildman–Crippen MR) is 127 cm³/mol. The van der Waals surface area contributed by atoms with Crippen LogP contribution in [-0.4, -0.2) is 32.8 Å². The van der Waals surface area contributed by atoms with Gasteiger partial charge in [0.2, 0.25) is 5.71 Å². The van der Waals surface area contributed by atoms with Crippen molar-refractivity contribution in [1.82, 2.24) is 4.59 Å². The van der Waals surface area contributed by atoms with Crippen molar-refractivity contribution >= 4 is 44.4 Å². The first-order valence-electron chi connectivity index (χ1n) is 9.85. The lowest BCUT2D eigenvalue weighted by Gasteiger charge is -2.30. The van der Waals surface area contributed by atoms with E-state index < -0.39 is 26.3 Å². The van der Waals surface area contributed by atoms with Crippen LogP contribution in [0.2, 0.25) is 0 Å². The lowest BCUT2D eigenvalue weighted by Crippen LogP contribution is -2.35. The number of sulfone groups is 1. The summed E-state index contributed by atoms with van der Waals surface area (Å²) in [7, 11) is -3.45. The Kier molecular flexibility index (Phi) is 5.98. The minimum absolute atomic E-state index is 0.0870. The van der Waals surface area contributed by atoms with Crippen molar-refractivity contribution in [3.05, 3.63) is 90.5 Å². The molecule has 0 bridgehead atoms. The number of hydrogen-bond donors (Lipinski definition) is 0. The molecule has 1 atom stereocenters. The second-order valence-electron chi connectivity index (χ2n) is 7.48. The lowest BCUT2D eigenvalue weighted by atomic mass is 10.1. The first kappa shape index (κ1) is 23.3. The van der Waals surface area contributed by atoms with Crippen LogP contribution in [0.1, 0.15) is 5.56 Å². The van der Waals surface area contributed by atoms with E-state index in [-0.39, 0.29) is 10.6 Å². The maximum atomic E-state index is 13.9. The van der Waals surface area contributed by atoms with Crippen molar-refractivity contribution in [1.29, 1.82) is 0 Å². The molecule has 1 heterocycles. The molecule has 170 valence electrons. The standard InChI is InChI=1S/C24H20F3N2O2S2/c1-32-20-12-10-19(11-13-20)29(18-6-4-3-5-7-18)22(16-23(28-29)24(25,26)27)17-8-14-21(15-9-17)33(2,30)31/h3-16H,1-2H3/q+1. The van der Waals surface area contributed by atoms with Crippen LogP contribution in [-0.2, 0) is 9.84 Å². The maximum Gasteiger partial charge on any atom is 0.438 e. The number of rotatable bonds is 5. The molecule has 0 aromatic heterocycles. The summed E-state index contributed by atoms with van der Waals surface area (Å²) in [4.78, 5) is 1.05. The van der Waals surface area contributed by atoms with Gasteiger partial charge in [-0.15, -0.1) is 16.4 Å². The molecular weight excluding hydrogens is 469 g/mol. The molecule has 3 aromatic rings. The first-order valence-corrected chi connectivity index (χ1v) is 13.0. The lowest BCUT2D eigenvalue weighted by molar-refractivity contribution is -0.0580. The molecule has 9 heteroatoms. The van der Waals surface area contributed by atoms with E-state index >= 15 is 0 Å². The Balaban J connectivity index is 2.01. The van der Waals surface area contributed by atoms with Gasteiger partial charge in [-0.3, -0.25) is 0 Å². The van der Waals surface area contributed by atoms with Crippen LogP contribution in [0.5, 0.6) is 0 Å². The van der Waals surface area contributed by atoms with Crippen LogP contribution in [0.4, 0.5) is 24.5 Å². The van der Waals surface area contributed by atoms with Crippen LogP contribution in [0.3, 0.4) is 0 Å². The molecule has 1 aliphatic rings. The molecule has 0 spiro atoms. The average Bonchev–Trinajstić information content (AvgIpc) is 3.22. The molecule has 0 amide bonds. The Morgan fingerprint density at radius 3 is 1.94 bits per heavy atom. The summed E-state index contributed by atoms with van der Waals surface area (Å²) in [6.07, 6.45) is -0.628. The highest BCUT2D eigenvalue weighted by Gasteiger charge is 2.51. The number of halogens is 3. The molecule has 3 aromatic carbocycles. The van der Waals surface area contributed by atoms with Gasteiger partial charge in [-0.25, -0.2) is 8.42 Å². The minimum atomic E-state index is -4.66. The fourth-order valence-electron chi connectivity index (χ4n) is 3.73. The number of nitrogens with zero attached hydrogens (tertiary/aromatic N) is 2. The van der Waals surface area contributed by atoms with Gasteiger partial charge in [0.15, 0.2) is 26.9 Å². The third-order valence-corrected chi connectivity index (χ3v) is 7.20. The van der Waals surface area contributed by atoms with Gasteiger partial charge in [-0.2, -0.15) is 13.2 Å². The molecular formula is C24H20F3N2O2S2+. The fraction of sp³-hybridized carbons (Fsp3) is 0.125. The van der Waals surface area contributed by atoms with Gasteiger partial charge in [-0.1, -0.05) is 23.3 Å². The second-order valence-corrected chi connectivity index (χ2v) is 10.4. The van der Waals surface area contributed by atoms with E-state index in [4.69, 9.17) is 0 Å². The van der Waals surface area contributed by atoms with Gasteiger partial charge >= 0.3 is 6.18 Å². The smallest absolute Gasteiger partial charge is 0.224 e. The number of thioether (sulfide) groups is 1. The molecule has 0 N–H and O–H groups in total. The molecule has 4 rings (SSSR count). The summed E-state index contributed by atoms with van der Waals surface area (Å²) in [6.45, 7) is 0. The van der Waals surface area contributed by atoms with Crippen LogP contribution in [0, 0.1) is 0 Å². The normalized spacial score (nSPS) is 18.7.